The molecule has 1 saturated carbocycles. The Bertz CT molecular complexity index is 997. The van der Waals surface area contributed by atoms with E-state index in [1.165, 1.54) is 11.3 Å². The number of benzene rings is 2. The van der Waals surface area contributed by atoms with E-state index in [9.17, 15) is 9.90 Å². The van der Waals surface area contributed by atoms with Gasteiger partial charge in [-0.05, 0) is 74.1 Å². The molecule has 0 saturated heterocycles. The topological polar surface area (TPSA) is 62.2 Å². The van der Waals surface area contributed by atoms with Gasteiger partial charge in [0.2, 0.25) is 5.91 Å². The van der Waals surface area contributed by atoms with E-state index >= 15 is 0 Å². The molecule has 134 valence electrons. The zero-order valence-electron chi connectivity index (χ0n) is 15.2. The number of carbonyl (C=O) groups excluding carboxylic acids is 1. The maximum absolute atomic E-state index is 11.9. The molecule has 1 amide bonds. The van der Waals surface area contributed by atoms with E-state index in [4.69, 9.17) is 0 Å². The third-order valence-corrected chi connectivity index (χ3v) is 5.76. The van der Waals surface area contributed by atoms with Crippen molar-refractivity contribution in [2.75, 3.05) is 5.32 Å². The van der Waals surface area contributed by atoms with Crippen LogP contribution in [0.1, 0.15) is 37.8 Å². The summed E-state index contributed by atoms with van der Waals surface area (Å²) in [4.78, 5) is 16.5. The fraction of sp³-hybridized carbons (Fsp3) is 0.333. The van der Waals surface area contributed by atoms with Crippen LogP contribution in [-0.4, -0.2) is 16.0 Å². The van der Waals surface area contributed by atoms with Crippen LogP contribution in [0.3, 0.4) is 0 Å². The number of nitrogens with zero attached hydrogens (tertiary/aromatic N) is 1. The molecule has 0 bridgehead atoms. The van der Waals surface area contributed by atoms with Crippen LogP contribution in [0, 0.1) is 12.8 Å². The molecule has 2 aromatic carbocycles. The van der Waals surface area contributed by atoms with Gasteiger partial charge < -0.3 is 10.4 Å². The van der Waals surface area contributed by atoms with E-state index in [1.807, 2.05) is 30.3 Å². The number of amides is 1. The molecule has 0 spiro atoms. The maximum Gasteiger partial charge on any atom is 0.229 e. The maximum atomic E-state index is 11.9. The Morgan fingerprint density at radius 3 is 2.69 bits per heavy atom. The molecule has 0 unspecified atom stereocenters. The molecule has 1 aromatic heterocycles. The number of hydrogen-bond donors (Lipinski definition) is 2. The van der Waals surface area contributed by atoms with Gasteiger partial charge in [-0.3, -0.25) is 4.79 Å². The van der Waals surface area contributed by atoms with Crippen LogP contribution >= 0.6 is 11.3 Å². The van der Waals surface area contributed by atoms with Crippen molar-refractivity contribution in [1.82, 2.24) is 4.98 Å². The fourth-order valence-corrected chi connectivity index (χ4v) is 3.92. The minimum absolute atomic E-state index is 0.0815. The van der Waals surface area contributed by atoms with Gasteiger partial charge in [0.15, 0.2) is 5.13 Å². The molecule has 0 radical (unpaired) electrons. The lowest BCUT2D eigenvalue weighted by Crippen LogP contribution is -2.15. The third kappa shape index (κ3) is 3.37. The van der Waals surface area contributed by atoms with Crippen molar-refractivity contribution < 1.29 is 9.90 Å². The largest absolute Gasteiger partial charge is 0.386 e. The summed E-state index contributed by atoms with van der Waals surface area (Å²) in [6.07, 6.45) is 1.97. The highest BCUT2D eigenvalue weighted by atomic mass is 32.1. The van der Waals surface area contributed by atoms with Crippen molar-refractivity contribution in [1.29, 1.82) is 0 Å². The van der Waals surface area contributed by atoms with E-state index in [1.54, 1.807) is 13.8 Å². The van der Waals surface area contributed by atoms with Gasteiger partial charge in [-0.2, -0.15) is 0 Å². The molecule has 1 fully saturated rings. The molecule has 2 N–H and O–H groups in total. The molecule has 0 atom stereocenters. The number of fused-ring (bicyclic) bond motifs is 1. The Morgan fingerprint density at radius 2 is 2.00 bits per heavy atom. The lowest BCUT2D eigenvalue weighted by Gasteiger charge is -2.19. The van der Waals surface area contributed by atoms with Gasteiger partial charge in [0, 0.05) is 5.92 Å². The lowest BCUT2D eigenvalue weighted by atomic mass is 9.91. The first-order valence-electron chi connectivity index (χ1n) is 8.86. The first-order valence-corrected chi connectivity index (χ1v) is 9.68. The van der Waals surface area contributed by atoms with Crippen molar-refractivity contribution in [2.24, 2.45) is 5.92 Å². The second-order valence-corrected chi connectivity index (χ2v) is 8.58. The summed E-state index contributed by atoms with van der Waals surface area (Å²) in [6.45, 7) is 5.66. The summed E-state index contributed by atoms with van der Waals surface area (Å²) in [7, 11) is 0. The molecule has 4 nitrogen and oxygen atoms in total. The quantitative estimate of drug-likeness (QED) is 0.694. The van der Waals surface area contributed by atoms with Crippen molar-refractivity contribution in [2.45, 2.75) is 39.2 Å². The molecule has 1 aliphatic carbocycles. The van der Waals surface area contributed by atoms with Gasteiger partial charge in [0.25, 0.3) is 0 Å². The first kappa shape index (κ1) is 17.2. The van der Waals surface area contributed by atoms with Crippen LogP contribution in [0.25, 0.3) is 21.3 Å². The molecule has 1 heterocycles. The zero-order chi connectivity index (χ0) is 18.5. The van der Waals surface area contributed by atoms with Crippen molar-refractivity contribution in [3.63, 3.8) is 0 Å². The molecule has 4 rings (SSSR count). The van der Waals surface area contributed by atoms with E-state index < -0.39 is 5.60 Å². The number of thiazole rings is 1. The Labute approximate surface area is 156 Å². The smallest absolute Gasteiger partial charge is 0.229 e. The number of aryl methyl sites for hydroxylation is 1. The summed E-state index contributed by atoms with van der Waals surface area (Å²) < 4.78 is 1.04. The molecule has 3 aromatic rings. The highest BCUT2D eigenvalue weighted by Crippen LogP contribution is 2.35. The molecular formula is C21H22N2O2S. The van der Waals surface area contributed by atoms with Crippen LogP contribution in [-0.2, 0) is 10.4 Å². The molecule has 5 heteroatoms. The fourth-order valence-electron chi connectivity index (χ4n) is 3.01. The van der Waals surface area contributed by atoms with Crippen LogP contribution in [0.5, 0.6) is 0 Å². The van der Waals surface area contributed by atoms with Gasteiger partial charge in [0.1, 0.15) is 0 Å². The standard InChI is InChI=1S/C21H22N2O2S/c1-12-4-8-15(21(2,3)25)11-16(12)14-7-9-17-18(10-14)26-20(22-17)23-19(24)13-5-6-13/h4,7-11,13,25H,5-6H2,1-3H3,(H,22,23,24). The van der Waals surface area contributed by atoms with Crippen LogP contribution < -0.4 is 5.32 Å². The molecular weight excluding hydrogens is 344 g/mol. The van der Waals surface area contributed by atoms with Crippen molar-refractivity contribution in [3.8, 4) is 11.1 Å². The van der Waals surface area contributed by atoms with E-state index in [2.05, 4.69) is 23.3 Å². The van der Waals surface area contributed by atoms with E-state index in [0.717, 1.165) is 45.3 Å². The minimum atomic E-state index is -0.878. The second kappa shape index (κ2) is 6.18. The number of carbonyl (C=O) groups is 1. The Balaban J connectivity index is 1.70. The Hall–Kier alpha value is -2.24. The number of anilines is 1. The Morgan fingerprint density at radius 1 is 1.23 bits per heavy atom. The summed E-state index contributed by atoms with van der Waals surface area (Å²) in [5.41, 5.74) is 4.25. The van der Waals surface area contributed by atoms with E-state index in [-0.39, 0.29) is 11.8 Å². The van der Waals surface area contributed by atoms with Gasteiger partial charge in [-0.1, -0.05) is 29.5 Å². The molecule has 0 aliphatic heterocycles. The first-order chi connectivity index (χ1) is 12.3. The number of hydrogen-bond acceptors (Lipinski definition) is 4. The van der Waals surface area contributed by atoms with Gasteiger partial charge in [0.05, 0.1) is 15.8 Å². The lowest BCUT2D eigenvalue weighted by molar-refractivity contribution is -0.117. The summed E-state index contributed by atoms with van der Waals surface area (Å²) in [5.74, 6) is 0.253. The van der Waals surface area contributed by atoms with Crippen LogP contribution in [0.2, 0.25) is 0 Å². The number of aromatic nitrogens is 1. The summed E-state index contributed by atoms with van der Waals surface area (Å²) >= 11 is 1.50. The van der Waals surface area contributed by atoms with Crippen molar-refractivity contribution >= 4 is 32.6 Å². The van der Waals surface area contributed by atoms with Gasteiger partial charge >= 0.3 is 0 Å². The van der Waals surface area contributed by atoms with Crippen molar-refractivity contribution in [3.05, 3.63) is 47.5 Å². The van der Waals surface area contributed by atoms with E-state index in [0.29, 0.717) is 5.13 Å². The number of nitrogens with one attached hydrogen (secondary N) is 1. The predicted molar refractivity (Wildman–Crippen MR) is 106 cm³/mol. The number of rotatable bonds is 4. The highest BCUT2D eigenvalue weighted by molar-refractivity contribution is 7.22. The Kier molecular flexibility index (Phi) is 4.09. The average molecular weight is 366 g/mol. The highest BCUT2D eigenvalue weighted by Gasteiger charge is 2.30. The molecule has 1 aliphatic rings. The average Bonchev–Trinajstić information content (AvgIpc) is 3.35. The minimum Gasteiger partial charge on any atom is -0.386 e. The van der Waals surface area contributed by atoms with Gasteiger partial charge in [-0.25, -0.2) is 4.98 Å². The predicted octanol–water partition coefficient (Wildman–Crippen LogP) is 4.85. The number of aliphatic hydroxyl groups is 1. The van der Waals surface area contributed by atoms with Gasteiger partial charge in [-0.15, -0.1) is 0 Å². The monoisotopic (exact) mass is 366 g/mol. The van der Waals surface area contributed by atoms with Crippen LogP contribution in [0.4, 0.5) is 5.13 Å². The third-order valence-electron chi connectivity index (χ3n) is 4.82. The SMILES string of the molecule is Cc1ccc(C(C)(C)O)cc1-c1ccc2nc(NC(=O)C3CC3)sc2c1. The zero-order valence-corrected chi connectivity index (χ0v) is 16.0. The second-order valence-electron chi connectivity index (χ2n) is 7.55. The van der Waals surface area contributed by atoms with Crippen LogP contribution in [0.15, 0.2) is 36.4 Å². The summed E-state index contributed by atoms with van der Waals surface area (Å²) in [5, 5.41) is 13.9. The normalized spacial score (nSPS) is 14.6. The summed E-state index contributed by atoms with van der Waals surface area (Å²) in [6, 6.07) is 12.2. The molecule has 26 heavy (non-hydrogen) atoms.